The molecular formula is C50H30N2S. The summed E-state index contributed by atoms with van der Waals surface area (Å²) in [5.74, 6) is 0. The average Bonchev–Trinajstić information content (AvgIpc) is 3.87. The van der Waals surface area contributed by atoms with Gasteiger partial charge in [-0.2, -0.15) is 0 Å². The summed E-state index contributed by atoms with van der Waals surface area (Å²) >= 11 is 1.87. The molecule has 246 valence electrons. The third-order valence-corrected chi connectivity index (χ3v) is 12.4. The molecule has 0 N–H and O–H groups in total. The van der Waals surface area contributed by atoms with Crippen LogP contribution in [0.15, 0.2) is 182 Å². The number of hydrogen-bond donors (Lipinski definition) is 0. The van der Waals surface area contributed by atoms with Crippen LogP contribution in [0.2, 0.25) is 0 Å². The molecule has 3 heterocycles. The van der Waals surface area contributed by atoms with Crippen LogP contribution < -0.4 is 0 Å². The van der Waals surface area contributed by atoms with Gasteiger partial charge in [0.05, 0.1) is 27.8 Å². The van der Waals surface area contributed by atoms with E-state index in [4.69, 9.17) is 0 Å². The van der Waals surface area contributed by atoms with Crippen LogP contribution in [0.5, 0.6) is 0 Å². The molecule has 0 fully saturated rings. The van der Waals surface area contributed by atoms with E-state index >= 15 is 0 Å². The molecule has 0 unspecified atom stereocenters. The van der Waals surface area contributed by atoms with Crippen molar-refractivity contribution < 1.29 is 0 Å². The molecule has 0 aliphatic heterocycles. The van der Waals surface area contributed by atoms with Gasteiger partial charge in [-0.25, -0.2) is 0 Å². The third kappa shape index (κ3) is 4.14. The molecule has 9 aromatic carbocycles. The predicted molar refractivity (Wildman–Crippen MR) is 228 cm³/mol. The molecule has 0 spiro atoms. The van der Waals surface area contributed by atoms with E-state index in [-0.39, 0.29) is 0 Å². The number of fused-ring (bicyclic) bond motifs is 12. The van der Waals surface area contributed by atoms with Crippen LogP contribution in [0.4, 0.5) is 0 Å². The van der Waals surface area contributed by atoms with Crippen LogP contribution in [-0.2, 0) is 0 Å². The number of thiophene rings is 1. The zero-order chi connectivity index (χ0) is 34.6. The van der Waals surface area contributed by atoms with E-state index in [9.17, 15) is 0 Å². The number of aromatic nitrogens is 2. The Morgan fingerprint density at radius 2 is 0.925 bits per heavy atom. The molecule has 3 aromatic heterocycles. The van der Waals surface area contributed by atoms with Gasteiger partial charge in [0.1, 0.15) is 0 Å². The predicted octanol–water partition coefficient (Wildman–Crippen LogP) is 14.2. The highest BCUT2D eigenvalue weighted by Crippen LogP contribution is 2.42. The number of hydrogen-bond acceptors (Lipinski definition) is 1. The highest BCUT2D eigenvalue weighted by Gasteiger charge is 2.19. The standard InChI is InChI=1S/C50H30N2S/c1-3-13-36-31(10-1)12-9-18-44(36)52-45-17-7-5-15-38(45)41-28-33(22-26-47(41)52)34-21-25-46-42(29-34)40-24-20-32-11-2-4-14-37(32)50(40)51(46)35-23-27-49-43(30-35)39-16-6-8-19-48(39)53-49/h1-30H. The van der Waals surface area contributed by atoms with Gasteiger partial charge in [-0.05, 0) is 82.6 Å². The summed E-state index contributed by atoms with van der Waals surface area (Å²) in [6.07, 6.45) is 0. The van der Waals surface area contributed by atoms with Crippen molar-refractivity contribution in [2.24, 2.45) is 0 Å². The molecule has 12 aromatic rings. The quantitative estimate of drug-likeness (QED) is 0.175. The minimum absolute atomic E-state index is 1.19. The number of benzene rings is 9. The molecule has 0 atom stereocenters. The van der Waals surface area contributed by atoms with Crippen LogP contribution in [-0.4, -0.2) is 9.13 Å². The fourth-order valence-electron chi connectivity index (χ4n) is 8.90. The van der Waals surface area contributed by atoms with Gasteiger partial charge in [0.15, 0.2) is 0 Å². The fourth-order valence-corrected chi connectivity index (χ4v) is 9.98. The Hall–Kier alpha value is -6.68. The smallest absolute Gasteiger partial charge is 0.0619 e. The van der Waals surface area contributed by atoms with Crippen molar-refractivity contribution in [2.75, 3.05) is 0 Å². The zero-order valence-corrected chi connectivity index (χ0v) is 29.4. The van der Waals surface area contributed by atoms with Gasteiger partial charge in [-0.15, -0.1) is 11.3 Å². The summed E-state index contributed by atoms with van der Waals surface area (Å²) in [5.41, 5.74) is 9.73. The second kappa shape index (κ2) is 10.9. The first kappa shape index (κ1) is 29.0. The van der Waals surface area contributed by atoms with E-state index in [0.29, 0.717) is 0 Å². The van der Waals surface area contributed by atoms with Gasteiger partial charge < -0.3 is 9.13 Å². The van der Waals surface area contributed by atoms with Gasteiger partial charge in [0.2, 0.25) is 0 Å². The van der Waals surface area contributed by atoms with E-state index in [2.05, 4.69) is 191 Å². The first-order valence-electron chi connectivity index (χ1n) is 18.2. The topological polar surface area (TPSA) is 9.86 Å². The fraction of sp³-hybridized carbons (Fsp3) is 0. The lowest BCUT2D eigenvalue weighted by Gasteiger charge is -2.12. The average molecular weight is 691 g/mol. The lowest BCUT2D eigenvalue weighted by Crippen LogP contribution is -1.95. The Morgan fingerprint density at radius 3 is 1.75 bits per heavy atom. The summed E-state index contributed by atoms with van der Waals surface area (Å²) in [6, 6.07) is 67.3. The summed E-state index contributed by atoms with van der Waals surface area (Å²) in [6.45, 7) is 0. The van der Waals surface area contributed by atoms with E-state index in [1.165, 1.54) is 108 Å². The van der Waals surface area contributed by atoms with Gasteiger partial charge in [-0.3, -0.25) is 0 Å². The normalized spacial score (nSPS) is 12.2. The Labute approximate surface area is 309 Å². The monoisotopic (exact) mass is 690 g/mol. The number of nitrogens with zero attached hydrogens (tertiary/aromatic N) is 2. The molecule has 0 aliphatic carbocycles. The Kier molecular flexibility index (Phi) is 5.96. The molecule has 3 heteroatoms. The maximum atomic E-state index is 2.49. The lowest BCUT2D eigenvalue weighted by molar-refractivity contribution is 1.19. The van der Waals surface area contributed by atoms with Crippen molar-refractivity contribution in [3.05, 3.63) is 182 Å². The molecule has 0 bridgehead atoms. The van der Waals surface area contributed by atoms with Crippen molar-refractivity contribution in [3.8, 4) is 22.5 Å². The minimum Gasteiger partial charge on any atom is -0.309 e. The number of rotatable bonds is 3. The molecule has 0 saturated heterocycles. The van der Waals surface area contributed by atoms with Crippen molar-refractivity contribution in [1.29, 1.82) is 0 Å². The maximum Gasteiger partial charge on any atom is 0.0619 e. The van der Waals surface area contributed by atoms with Crippen molar-refractivity contribution in [2.45, 2.75) is 0 Å². The molecule has 0 radical (unpaired) electrons. The summed E-state index contributed by atoms with van der Waals surface area (Å²) in [5, 5.41) is 12.7. The summed E-state index contributed by atoms with van der Waals surface area (Å²) in [4.78, 5) is 0. The van der Waals surface area contributed by atoms with Gasteiger partial charge in [0.25, 0.3) is 0 Å². The molecule has 2 nitrogen and oxygen atoms in total. The molecule has 53 heavy (non-hydrogen) atoms. The van der Waals surface area contributed by atoms with Crippen LogP contribution >= 0.6 is 11.3 Å². The van der Waals surface area contributed by atoms with Crippen LogP contribution in [0.1, 0.15) is 0 Å². The highest BCUT2D eigenvalue weighted by molar-refractivity contribution is 7.25. The highest BCUT2D eigenvalue weighted by atomic mass is 32.1. The number of para-hydroxylation sites is 1. The van der Waals surface area contributed by atoms with Gasteiger partial charge >= 0.3 is 0 Å². The largest absolute Gasteiger partial charge is 0.309 e. The Morgan fingerprint density at radius 1 is 0.321 bits per heavy atom. The van der Waals surface area contributed by atoms with Gasteiger partial charge in [-0.1, -0.05) is 121 Å². The van der Waals surface area contributed by atoms with Gasteiger partial charge in [0, 0.05) is 58.2 Å². The van der Waals surface area contributed by atoms with E-state index in [1.807, 2.05) is 11.3 Å². The van der Waals surface area contributed by atoms with Crippen LogP contribution in [0.25, 0.3) is 108 Å². The zero-order valence-electron chi connectivity index (χ0n) is 28.6. The second-order valence-electron chi connectivity index (χ2n) is 14.1. The molecule has 0 amide bonds. The van der Waals surface area contributed by atoms with Crippen molar-refractivity contribution in [3.63, 3.8) is 0 Å². The van der Waals surface area contributed by atoms with E-state index in [1.54, 1.807) is 0 Å². The lowest BCUT2D eigenvalue weighted by atomic mass is 10.00. The molecular weight excluding hydrogens is 661 g/mol. The maximum absolute atomic E-state index is 2.49. The minimum atomic E-state index is 1.19. The van der Waals surface area contributed by atoms with Crippen molar-refractivity contribution >= 4 is 96.7 Å². The third-order valence-electron chi connectivity index (χ3n) is 11.3. The van der Waals surface area contributed by atoms with E-state index < -0.39 is 0 Å². The summed E-state index contributed by atoms with van der Waals surface area (Å²) < 4.78 is 7.57. The SMILES string of the molecule is c1ccc2c(-n3c4ccccc4c4cc(-c5ccc6c(c5)c5ccc7ccccc7c5n6-c5ccc6sc7ccccc7c6c5)ccc43)cccc2c1. The summed E-state index contributed by atoms with van der Waals surface area (Å²) in [7, 11) is 0. The first-order valence-corrected chi connectivity index (χ1v) is 19.0. The van der Waals surface area contributed by atoms with E-state index in [0.717, 1.165) is 0 Å². The molecule has 12 rings (SSSR count). The van der Waals surface area contributed by atoms with Crippen molar-refractivity contribution in [1.82, 2.24) is 9.13 Å². The van der Waals surface area contributed by atoms with Crippen LogP contribution in [0.3, 0.4) is 0 Å². The second-order valence-corrected chi connectivity index (χ2v) is 15.2. The molecule has 0 aliphatic rings. The van der Waals surface area contributed by atoms with Crippen LogP contribution in [0, 0.1) is 0 Å². The first-order chi connectivity index (χ1) is 26.3. The Bertz CT molecular complexity index is 3460. The molecule has 0 saturated carbocycles. The Balaban J connectivity index is 1.10.